The van der Waals surface area contributed by atoms with Crippen molar-refractivity contribution in [2.45, 2.75) is 71.6 Å². The standard InChI is InChI=1S/C32H45N7S/c1-23(12-13-25-10-8-11-28-29(25)26(21-33)30(40-28)35-22-37(6)7)27-14-15-34-31(36-27)39-17-9-16-38(18-19-39)24(2)20-32(3,4)5/h14-15,22,25H,1-2,8-13,16-20H2,3-7H3/t25-/m1/s1. The van der Waals surface area contributed by atoms with Crippen LogP contribution in [0.5, 0.6) is 0 Å². The summed E-state index contributed by atoms with van der Waals surface area (Å²) in [6.45, 7) is 19.4. The molecule has 1 aliphatic carbocycles. The van der Waals surface area contributed by atoms with Gasteiger partial charge in [-0.2, -0.15) is 5.26 Å². The van der Waals surface area contributed by atoms with Gasteiger partial charge in [0.15, 0.2) is 0 Å². The van der Waals surface area contributed by atoms with Crippen LogP contribution in [0.15, 0.2) is 36.1 Å². The van der Waals surface area contributed by atoms with E-state index in [9.17, 15) is 5.26 Å². The number of aromatic nitrogens is 2. The van der Waals surface area contributed by atoms with Gasteiger partial charge >= 0.3 is 0 Å². The molecule has 7 nitrogen and oxygen atoms in total. The third-order valence-corrected chi connectivity index (χ3v) is 8.82. The van der Waals surface area contributed by atoms with Crippen LogP contribution in [-0.4, -0.2) is 66.4 Å². The summed E-state index contributed by atoms with van der Waals surface area (Å²) in [5.74, 6) is 1.14. The molecule has 0 amide bonds. The summed E-state index contributed by atoms with van der Waals surface area (Å²) < 4.78 is 0. The topological polar surface area (TPSA) is 71.7 Å². The van der Waals surface area contributed by atoms with Crippen LogP contribution in [0.25, 0.3) is 5.57 Å². The van der Waals surface area contributed by atoms with Gasteiger partial charge in [0.1, 0.15) is 11.1 Å². The highest BCUT2D eigenvalue weighted by molar-refractivity contribution is 7.16. The van der Waals surface area contributed by atoms with Gasteiger partial charge in [0.25, 0.3) is 0 Å². The maximum atomic E-state index is 9.99. The van der Waals surface area contributed by atoms with Crippen molar-refractivity contribution in [3.8, 4) is 6.07 Å². The van der Waals surface area contributed by atoms with E-state index in [4.69, 9.17) is 4.98 Å². The summed E-state index contributed by atoms with van der Waals surface area (Å²) in [6.07, 6.45) is 10.8. The second-order valence-corrected chi connectivity index (χ2v) is 13.6. The van der Waals surface area contributed by atoms with Crippen LogP contribution in [0.4, 0.5) is 10.9 Å². The fourth-order valence-corrected chi connectivity index (χ4v) is 6.95. The van der Waals surface area contributed by atoms with Crippen LogP contribution in [0, 0.1) is 16.7 Å². The van der Waals surface area contributed by atoms with Crippen molar-refractivity contribution in [2.24, 2.45) is 10.4 Å². The van der Waals surface area contributed by atoms with Crippen molar-refractivity contribution in [1.29, 1.82) is 5.26 Å². The number of fused-ring (bicyclic) bond motifs is 1. The van der Waals surface area contributed by atoms with Gasteiger partial charge in [0.2, 0.25) is 5.95 Å². The second kappa shape index (κ2) is 13.0. The lowest BCUT2D eigenvalue weighted by atomic mass is 9.81. The molecule has 0 unspecified atom stereocenters. The Morgan fingerprint density at radius 1 is 1.23 bits per heavy atom. The van der Waals surface area contributed by atoms with E-state index in [1.807, 2.05) is 31.3 Å². The lowest BCUT2D eigenvalue weighted by Crippen LogP contribution is -2.32. The maximum absolute atomic E-state index is 9.99. The van der Waals surface area contributed by atoms with E-state index in [0.717, 1.165) is 98.9 Å². The van der Waals surface area contributed by atoms with Gasteiger partial charge in [-0.1, -0.05) is 33.9 Å². The number of hydrogen-bond donors (Lipinski definition) is 0. The molecule has 0 bridgehead atoms. The molecule has 2 aliphatic rings. The number of aryl methyl sites for hydroxylation is 1. The van der Waals surface area contributed by atoms with Crippen LogP contribution in [0.2, 0.25) is 0 Å². The smallest absolute Gasteiger partial charge is 0.225 e. The normalized spacial score (nSPS) is 17.9. The van der Waals surface area contributed by atoms with E-state index in [0.29, 0.717) is 5.92 Å². The summed E-state index contributed by atoms with van der Waals surface area (Å²) in [4.78, 5) is 22.2. The minimum atomic E-state index is 0.238. The van der Waals surface area contributed by atoms with Crippen molar-refractivity contribution in [2.75, 3.05) is 45.2 Å². The summed E-state index contributed by atoms with van der Waals surface area (Å²) in [5, 5.41) is 10.8. The molecule has 4 rings (SSSR count). The Morgan fingerprint density at radius 2 is 2.02 bits per heavy atom. The van der Waals surface area contributed by atoms with Gasteiger partial charge in [-0.25, -0.2) is 15.0 Å². The Morgan fingerprint density at radius 3 is 2.75 bits per heavy atom. The van der Waals surface area contributed by atoms with Gasteiger partial charge in [0.05, 0.1) is 17.6 Å². The molecule has 214 valence electrons. The first-order valence-corrected chi connectivity index (χ1v) is 15.3. The van der Waals surface area contributed by atoms with E-state index in [-0.39, 0.29) is 5.41 Å². The molecule has 2 aromatic rings. The molecular formula is C32H45N7S. The summed E-state index contributed by atoms with van der Waals surface area (Å²) in [7, 11) is 3.89. The van der Waals surface area contributed by atoms with Crippen molar-refractivity contribution in [1.82, 2.24) is 19.8 Å². The Balaban J connectivity index is 1.40. The van der Waals surface area contributed by atoms with Gasteiger partial charge in [0, 0.05) is 57.0 Å². The number of rotatable bonds is 9. The van der Waals surface area contributed by atoms with Crippen LogP contribution < -0.4 is 4.90 Å². The number of anilines is 1. The Labute approximate surface area is 245 Å². The van der Waals surface area contributed by atoms with E-state index in [1.165, 1.54) is 16.1 Å². The van der Waals surface area contributed by atoms with Crippen molar-refractivity contribution in [3.05, 3.63) is 52.8 Å². The highest BCUT2D eigenvalue weighted by atomic mass is 32.1. The highest BCUT2D eigenvalue weighted by Gasteiger charge is 2.28. The molecular weight excluding hydrogens is 514 g/mol. The highest BCUT2D eigenvalue weighted by Crippen LogP contribution is 2.46. The van der Waals surface area contributed by atoms with Gasteiger partial charge in [-0.3, -0.25) is 0 Å². The first-order chi connectivity index (χ1) is 19.1. The van der Waals surface area contributed by atoms with Crippen molar-refractivity contribution in [3.63, 3.8) is 0 Å². The molecule has 1 atom stereocenters. The fraction of sp³-hybridized carbons (Fsp3) is 0.562. The van der Waals surface area contributed by atoms with E-state index >= 15 is 0 Å². The van der Waals surface area contributed by atoms with E-state index in [2.05, 4.69) is 59.8 Å². The zero-order chi connectivity index (χ0) is 28.9. The molecule has 1 saturated heterocycles. The Kier molecular flexibility index (Phi) is 9.68. The summed E-state index contributed by atoms with van der Waals surface area (Å²) >= 11 is 1.68. The third kappa shape index (κ3) is 7.51. The van der Waals surface area contributed by atoms with E-state index in [1.54, 1.807) is 17.7 Å². The minimum absolute atomic E-state index is 0.238. The molecule has 8 heteroatoms. The Hall–Kier alpha value is -3.18. The second-order valence-electron chi connectivity index (χ2n) is 12.5. The molecule has 0 radical (unpaired) electrons. The number of hydrogen-bond acceptors (Lipinski definition) is 7. The Bertz CT molecular complexity index is 1280. The monoisotopic (exact) mass is 559 g/mol. The SMILES string of the molecule is C=C(CC[C@H]1CCCc2sc(N=CN(C)C)c(C#N)c21)c1ccnc(N2CCCN(C(=C)CC(C)(C)C)CC2)n1. The van der Waals surface area contributed by atoms with Gasteiger partial charge < -0.3 is 14.7 Å². The van der Waals surface area contributed by atoms with Crippen molar-refractivity contribution < 1.29 is 0 Å². The average Bonchev–Trinajstić information content (AvgIpc) is 3.09. The molecule has 0 saturated carbocycles. The zero-order valence-electron chi connectivity index (χ0n) is 25.0. The molecule has 0 aromatic carbocycles. The molecule has 0 spiro atoms. The maximum Gasteiger partial charge on any atom is 0.225 e. The number of nitriles is 1. The quantitative estimate of drug-likeness (QED) is 0.243. The first kappa shape index (κ1) is 29.8. The largest absolute Gasteiger partial charge is 0.373 e. The number of allylic oxidation sites excluding steroid dienone is 2. The lowest BCUT2D eigenvalue weighted by molar-refractivity contribution is 0.303. The first-order valence-electron chi connectivity index (χ1n) is 14.5. The van der Waals surface area contributed by atoms with E-state index < -0.39 is 0 Å². The number of nitrogens with zero attached hydrogens (tertiary/aromatic N) is 7. The molecule has 1 aliphatic heterocycles. The molecule has 3 heterocycles. The van der Waals surface area contributed by atoms with Crippen LogP contribution >= 0.6 is 11.3 Å². The molecule has 0 N–H and O–H groups in total. The summed E-state index contributed by atoms with van der Waals surface area (Å²) in [5.41, 5.74) is 5.40. The van der Waals surface area contributed by atoms with Crippen LogP contribution in [0.3, 0.4) is 0 Å². The lowest BCUT2D eigenvalue weighted by Gasteiger charge is -2.30. The summed E-state index contributed by atoms with van der Waals surface area (Å²) in [6, 6.07) is 4.45. The number of thiophene rings is 1. The molecule has 2 aromatic heterocycles. The minimum Gasteiger partial charge on any atom is -0.373 e. The average molecular weight is 560 g/mol. The van der Waals surface area contributed by atoms with Crippen LogP contribution in [0.1, 0.15) is 86.9 Å². The predicted octanol–water partition coefficient (Wildman–Crippen LogP) is 7.01. The van der Waals surface area contributed by atoms with Gasteiger partial charge in [-0.05, 0) is 73.5 Å². The molecule has 1 fully saturated rings. The predicted molar refractivity (Wildman–Crippen MR) is 168 cm³/mol. The zero-order valence-corrected chi connectivity index (χ0v) is 25.9. The fourth-order valence-electron chi connectivity index (χ4n) is 5.74. The van der Waals surface area contributed by atoms with Crippen LogP contribution in [-0.2, 0) is 6.42 Å². The molecule has 40 heavy (non-hydrogen) atoms. The number of aliphatic imine (C=N–C) groups is 1. The third-order valence-electron chi connectivity index (χ3n) is 7.65. The van der Waals surface area contributed by atoms with Gasteiger partial charge in [-0.15, -0.1) is 11.3 Å². The van der Waals surface area contributed by atoms with Crippen molar-refractivity contribution >= 4 is 34.2 Å².